The van der Waals surface area contributed by atoms with E-state index in [1.165, 1.54) is 0 Å². The lowest BCUT2D eigenvalue weighted by atomic mass is 9.96. The second-order valence-electron chi connectivity index (χ2n) is 3.72. The number of aliphatic hydroxyl groups excluding tert-OH is 1. The molecule has 2 heteroatoms. The van der Waals surface area contributed by atoms with E-state index in [9.17, 15) is 0 Å². The number of furan rings is 1. The van der Waals surface area contributed by atoms with Gasteiger partial charge in [0.2, 0.25) is 0 Å². The zero-order valence-corrected chi connectivity index (χ0v) is 8.45. The first kappa shape index (κ1) is 9.28. The Hall–Kier alpha value is -1.28. The first-order chi connectivity index (χ1) is 6.74. The third-order valence-corrected chi connectivity index (χ3v) is 2.62. The summed E-state index contributed by atoms with van der Waals surface area (Å²) in [6.45, 7) is 4.21. The average Bonchev–Trinajstić information content (AvgIpc) is 2.59. The van der Waals surface area contributed by atoms with Gasteiger partial charge >= 0.3 is 0 Å². The second-order valence-corrected chi connectivity index (χ2v) is 3.72. The van der Waals surface area contributed by atoms with E-state index >= 15 is 0 Å². The maximum absolute atomic E-state index is 9.15. The molecule has 0 amide bonds. The van der Waals surface area contributed by atoms with Crippen molar-refractivity contribution < 1.29 is 9.52 Å². The fourth-order valence-corrected chi connectivity index (χ4v) is 1.79. The van der Waals surface area contributed by atoms with Crippen LogP contribution in [0.1, 0.15) is 24.0 Å². The van der Waals surface area contributed by atoms with Gasteiger partial charge in [0, 0.05) is 17.9 Å². The number of benzene rings is 1. The second kappa shape index (κ2) is 3.46. The molecule has 0 fully saturated rings. The first-order valence-electron chi connectivity index (χ1n) is 4.81. The number of aliphatic hydroxyl groups is 1. The van der Waals surface area contributed by atoms with Crippen LogP contribution in [0.3, 0.4) is 0 Å². The highest BCUT2D eigenvalue weighted by atomic mass is 16.3. The Bertz CT molecular complexity index is 443. The summed E-state index contributed by atoms with van der Waals surface area (Å²) in [7, 11) is 0. The molecule has 0 bridgehead atoms. The highest BCUT2D eigenvalue weighted by molar-refractivity contribution is 5.84. The predicted molar refractivity (Wildman–Crippen MR) is 56.5 cm³/mol. The summed E-state index contributed by atoms with van der Waals surface area (Å²) >= 11 is 0. The van der Waals surface area contributed by atoms with E-state index in [1.807, 2.05) is 32.0 Å². The molecule has 0 aliphatic heterocycles. The van der Waals surface area contributed by atoms with Gasteiger partial charge in [-0.1, -0.05) is 19.1 Å². The minimum Gasteiger partial charge on any atom is -0.464 e. The first-order valence-corrected chi connectivity index (χ1v) is 4.81. The molecule has 2 rings (SSSR count). The van der Waals surface area contributed by atoms with Crippen molar-refractivity contribution in [1.29, 1.82) is 0 Å². The molecule has 1 aromatic heterocycles. The Balaban J connectivity index is 2.69. The third-order valence-electron chi connectivity index (χ3n) is 2.62. The summed E-state index contributed by atoms with van der Waals surface area (Å²) < 4.78 is 5.40. The van der Waals surface area contributed by atoms with E-state index in [4.69, 9.17) is 9.52 Å². The van der Waals surface area contributed by atoms with Gasteiger partial charge < -0.3 is 9.52 Å². The number of hydrogen-bond donors (Lipinski definition) is 1. The van der Waals surface area contributed by atoms with Crippen LogP contribution >= 0.6 is 0 Å². The van der Waals surface area contributed by atoms with E-state index in [0.717, 1.165) is 22.1 Å². The van der Waals surface area contributed by atoms with Crippen LogP contribution in [0, 0.1) is 6.92 Å². The number of rotatable bonds is 2. The SMILES string of the molecule is Cc1coc2cccc(C(C)CO)c12. The lowest BCUT2D eigenvalue weighted by Crippen LogP contribution is -1.99. The van der Waals surface area contributed by atoms with E-state index in [-0.39, 0.29) is 12.5 Å². The Labute approximate surface area is 83.2 Å². The van der Waals surface area contributed by atoms with Crippen molar-refractivity contribution in [2.75, 3.05) is 6.61 Å². The quantitative estimate of drug-likeness (QED) is 0.790. The van der Waals surface area contributed by atoms with Crippen LogP contribution in [0.2, 0.25) is 0 Å². The Kier molecular flexibility index (Phi) is 2.30. The van der Waals surface area contributed by atoms with Crippen LogP contribution in [-0.2, 0) is 0 Å². The molecule has 1 aromatic carbocycles. The number of hydrogen-bond acceptors (Lipinski definition) is 2. The van der Waals surface area contributed by atoms with Gasteiger partial charge in [0.05, 0.1) is 6.26 Å². The summed E-state index contributed by atoms with van der Waals surface area (Å²) in [5.74, 6) is 0.162. The minimum absolute atomic E-state index is 0.162. The van der Waals surface area contributed by atoms with Crippen molar-refractivity contribution in [2.24, 2.45) is 0 Å². The van der Waals surface area contributed by atoms with Gasteiger partial charge in [-0.15, -0.1) is 0 Å². The van der Waals surface area contributed by atoms with Crippen LogP contribution < -0.4 is 0 Å². The van der Waals surface area contributed by atoms with Crippen molar-refractivity contribution in [3.8, 4) is 0 Å². The molecule has 1 atom stereocenters. The van der Waals surface area contributed by atoms with Gasteiger partial charge in [0.15, 0.2) is 0 Å². The van der Waals surface area contributed by atoms with Crippen molar-refractivity contribution >= 4 is 11.0 Å². The zero-order valence-electron chi connectivity index (χ0n) is 8.45. The summed E-state index contributed by atoms with van der Waals surface area (Å²) in [5.41, 5.74) is 3.20. The topological polar surface area (TPSA) is 33.4 Å². The maximum Gasteiger partial charge on any atom is 0.134 e. The van der Waals surface area contributed by atoms with Gasteiger partial charge in [-0.3, -0.25) is 0 Å². The van der Waals surface area contributed by atoms with Crippen LogP contribution in [0.4, 0.5) is 0 Å². The summed E-state index contributed by atoms with van der Waals surface area (Å²) in [4.78, 5) is 0. The number of aryl methyl sites for hydroxylation is 1. The largest absolute Gasteiger partial charge is 0.464 e. The molecule has 0 spiro atoms. The van der Waals surface area contributed by atoms with Crippen LogP contribution in [-0.4, -0.2) is 11.7 Å². The predicted octanol–water partition coefficient (Wildman–Crippen LogP) is 2.84. The highest BCUT2D eigenvalue weighted by Gasteiger charge is 2.11. The molecular weight excluding hydrogens is 176 g/mol. The minimum atomic E-state index is 0.162. The fourth-order valence-electron chi connectivity index (χ4n) is 1.79. The lowest BCUT2D eigenvalue weighted by Gasteiger charge is -2.09. The smallest absolute Gasteiger partial charge is 0.134 e. The van der Waals surface area contributed by atoms with Gasteiger partial charge in [0.1, 0.15) is 5.58 Å². The molecule has 2 nitrogen and oxygen atoms in total. The van der Waals surface area contributed by atoms with Gasteiger partial charge in [-0.2, -0.15) is 0 Å². The summed E-state index contributed by atoms with van der Waals surface area (Å²) in [6, 6.07) is 5.97. The average molecular weight is 190 g/mol. The van der Waals surface area contributed by atoms with Gasteiger partial charge in [-0.05, 0) is 24.1 Å². The van der Waals surface area contributed by atoms with E-state index in [0.29, 0.717) is 0 Å². The fraction of sp³-hybridized carbons (Fsp3) is 0.333. The molecule has 0 saturated heterocycles. The van der Waals surface area contributed by atoms with E-state index in [1.54, 1.807) is 6.26 Å². The zero-order chi connectivity index (χ0) is 10.1. The van der Waals surface area contributed by atoms with Crippen molar-refractivity contribution in [3.63, 3.8) is 0 Å². The summed E-state index contributed by atoms with van der Waals surface area (Å²) in [5, 5.41) is 10.3. The van der Waals surface area contributed by atoms with Crippen molar-refractivity contribution in [3.05, 3.63) is 35.6 Å². The molecule has 74 valence electrons. The highest BCUT2D eigenvalue weighted by Crippen LogP contribution is 2.29. The molecule has 0 aliphatic carbocycles. The lowest BCUT2D eigenvalue weighted by molar-refractivity contribution is 0.273. The van der Waals surface area contributed by atoms with Crippen molar-refractivity contribution in [2.45, 2.75) is 19.8 Å². The molecule has 14 heavy (non-hydrogen) atoms. The molecule has 1 heterocycles. The molecule has 1 N–H and O–H groups in total. The third kappa shape index (κ3) is 1.32. The number of fused-ring (bicyclic) bond motifs is 1. The molecule has 0 radical (unpaired) electrons. The van der Waals surface area contributed by atoms with E-state index < -0.39 is 0 Å². The Morgan fingerprint density at radius 1 is 1.43 bits per heavy atom. The van der Waals surface area contributed by atoms with Gasteiger partial charge in [-0.25, -0.2) is 0 Å². The van der Waals surface area contributed by atoms with Crippen LogP contribution in [0.15, 0.2) is 28.9 Å². The Morgan fingerprint density at radius 2 is 2.21 bits per heavy atom. The van der Waals surface area contributed by atoms with Crippen LogP contribution in [0.25, 0.3) is 11.0 Å². The van der Waals surface area contributed by atoms with Crippen LogP contribution in [0.5, 0.6) is 0 Å². The van der Waals surface area contributed by atoms with E-state index in [2.05, 4.69) is 0 Å². The molecule has 0 aliphatic rings. The standard InChI is InChI=1S/C12H14O2/c1-8(6-13)10-4-3-5-11-12(10)9(2)7-14-11/h3-5,7-8,13H,6H2,1-2H3. The molecule has 0 saturated carbocycles. The maximum atomic E-state index is 9.15. The molecule has 1 unspecified atom stereocenters. The molecular formula is C12H14O2. The summed E-state index contributed by atoms with van der Waals surface area (Å²) in [6.07, 6.45) is 1.76. The van der Waals surface area contributed by atoms with Gasteiger partial charge in [0.25, 0.3) is 0 Å². The normalized spacial score (nSPS) is 13.4. The monoisotopic (exact) mass is 190 g/mol. The van der Waals surface area contributed by atoms with Crippen molar-refractivity contribution in [1.82, 2.24) is 0 Å². The molecule has 2 aromatic rings. The Morgan fingerprint density at radius 3 is 2.93 bits per heavy atom.